The number of rotatable bonds is 2. The van der Waals surface area contributed by atoms with Crippen molar-refractivity contribution in [3.05, 3.63) is 34.2 Å². The number of H-pyrrole nitrogens is 1. The Morgan fingerprint density at radius 1 is 1.19 bits per heavy atom. The molecule has 1 heterocycles. The van der Waals surface area contributed by atoms with Gasteiger partial charge in [0.25, 0.3) is 0 Å². The minimum Gasteiger partial charge on any atom is -0.305 e. The molecule has 2 rings (SSSR count). The van der Waals surface area contributed by atoms with E-state index in [2.05, 4.69) is 24.9 Å². The highest BCUT2D eigenvalue weighted by Gasteiger charge is 2.13. The molecule has 3 nitrogen and oxygen atoms in total. The smallest absolute Gasteiger partial charge is 0.305 e. The van der Waals surface area contributed by atoms with E-state index in [1.165, 1.54) is 5.56 Å². The summed E-state index contributed by atoms with van der Waals surface area (Å²) >= 11 is 0. The van der Waals surface area contributed by atoms with Gasteiger partial charge in [0.2, 0.25) is 0 Å². The molecule has 0 fully saturated rings. The summed E-state index contributed by atoms with van der Waals surface area (Å²) in [7, 11) is 0. The zero-order valence-corrected chi connectivity index (χ0v) is 10.2. The Hall–Kier alpha value is -1.51. The number of aromatic nitrogens is 2. The second-order valence-electron chi connectivity index (χ2n) is 4.79. The molecule has 3 heteroatoms. The Labute approximate surface area is 95.1 Å². The van der Waals surface area contributed by atoms with E-state index in [4.69, 9.17) is 0 Å². The maximum atomic E-state index is 11.9. The van der Waals surface area contributed by atoms with Gasteiger partial charge in [0, 0.05) is 6.04 Å². The highest BCUT2D eigenvalue weighted by molar-refractivity contribution is 5.79. The molecule has 0 atom stereocenters. The van der Waals surface area contributed by atoms with Gasteiger partial charge in [-0.1, -0.05) is 26.0 Å². The zero-order valence-electron chi connectivity index (χ0n) is 10.2. The van der Waals surface area contributed by atoms with Crippen LogP contribution in [0.25, 0.3) is 11.0 Å². The van der Waals surface area contributed by atoms with Crippen molar-refractivity contribution in [3.8, 4) is 0 Å². The maximum Gasteiger partial charge on any atom is 0.326 e. The summed E-state index contributed by atoms with van der Waals surface area (Å²) < 4.78 is 1.81. The van der Waals surface area contributed by atoms with E-state index >= 15 is 0 Å². The Balaban J connectivity index is 2.83. The maximum absolute atomic E-state index is 11.9. The average molecular weight is 218 g/mol. The first-order chi connectivity index (χ1) is 7.52. The van der Waals surface area contributed by atoms with E-state index < -0.39 is 0 Å². The predicted molar refractivity (Wildman–Crippen MR) is 67.0 cm³/mol. The number of aromatic amines is 1. The lowest BCUT2D eigenvalue weighted by Gasteiger charge is -2.09. The summed E-state index contributed by atoms with van der Waals surface area (Å²) in [6.45, 7) is 8.33. The van der Waals surface area contributed by atoms with Gasteiger partial charge in [-0.2, -0.15) is 0 Å². The van der Waals surface area contributed by atoms with Gasteiger partial charge in [-0.15, -0.1) is 0 Å². The Kier molecular flexibility index (Phi) is 2.62. The summed E-state index contributed by atoms with van der Waals surface area (Å²) in [6.07, 6.45) is 0. The SMILES string of the molecule is CC(C)c1cccc2c1[nH]c(=O)n2C(C)C. The van der Waals surface area contributed by atoms with Crippen LogP contribution in [0.2, 0.25) is 0 Å². The molecule has 16 heavy (non-hydrogen) atoms. The van der Waals surface area contributed by atoms with Crippen molar-refractivity contribution in [1.82, 2.24) is 9.55 Å². The van der Waals surface area contributed by atoms with Crippen LogP contribution in [0.4, 0.5) is 0 Å². The number of nitrogens with zero attached hydrogens (tertiary/aromatic N) is 1. The topological polar surface area (TPSA) is 37.8 Å². The summed E-state index contributed by atoms with van der Waals surface area (Å²) in [5.41, 5.74) is 3.18. The monoisotopic (exact) mass is 218 g/mol. The first kappa shape index (κ1) is 11.0. The third-order valence-corrected chi connectivity index (χ3v) is 2.92. The second-order valence-corrected chi connectivity index (χ2v) is 4.79. The van der Waals surface area contributed by atoms with Crippen molar-refractivity contribution < 1.29 is 0 Å². The van der Waals surface area contributed by atoms with Crippen LogP contribution in [-0.2, 0) is 0 Å². The lowest BCUT2D eigenvalue weighted by Crippen LogP contribution is -2.18. The van der Waals surface area contributed by atoms with E-state index in [-0.39, 0.29) is 11.7 Å². The number of hydrogen-bond acceptors (Lipinski definition) is 1. The number of imidazole rings is 1. The summed E-state index contributed by atoms with van der Waals surface area (Å²) in [4.78, 5) is 14.8. The second kappa shape index (κ2) is 3.81. The lowest BCUT2D eigenvalue weighted by atomic mass is 10.0. The number of nitrogens with one attached hydrogen (secondary N) is 1. The van der Waals surface area contributed by atoms with Gasteiger partial charge in [-0.05, 0) is 31.4 Å². The van der Waals surface area contributed by atoms with E-state index in [1.54, 1.807) is 4.57 Å². The van der Waals surface area contributed by atoms with Crippen LogP contribution in [0.15, 0.2) is 23.0 Å². The van der Waals surface area contributed by atoms with Crippen molar-refractivity contribution >= 4 is 11.0 Å². The lowest BCUT2D eigenvalue weighted by molar-refractivity contribution is 0.598. The van der Waals surface area contributed by atoms with Gasteiger partial charge in [-0.3, -0.25) is 4.57 Å². The normalized spacial score (nSPS) is 11.9. The molecule has 0 unspecified atom stereocenters. The molecule has 0 spiro atoms. The van der Waals surface area contributed by atoms with E-state index in [1.807, 2.05) is 26.0 Å². The molecule has 0 aliphatic carbocycles. The van der Waals surface area contributed by atoms with Crippen molar-refractivity contribution in [2.45, 2.75) is 39.7 Å². The molecule has 86 valence electrons. The molecule has 2 aromatic rings. The van der Waals surface area contributed by atoms with Crippen molar-refractivity contribution in [2.75, 3.05) is 0 Å². The van der Waals surface area contributed by atoms with Crippen LogP contribution < -0.4 is 5.69 Å². The molecule has 0 radical (unpaired) electrons. The zero-order chi connectivity index (χ0) is 11.9. The standard InChI is InChI=1S/C13H18N2O/c1-8(2)10-6-5-7-11-12(10)14-13(16)15(11)9(3)4/h5-9H,1-4H3,(H,14,16). The summed E-state index contributed by atoms with van der Waals surface area (Å²) in [5.74, 6) is 0.419. The molecule has 0 aliphatic rings. The average Bonchev–Trinajstić information content (AvgIpc) is 2.52. The Bertz CT molecular complexity index is 561. The molecule has 0 saturated heterocycles. The molecule has 1 aromatic carbocycles. The minimum atomic E-state index is -0.0156. The van der Waals surface area contributed by atoms with Crippen molar-refractivity contribution in [2.24, 2.45) is 0 Å². The van der Waals surface area contributed by atoms with Gasteiger partial charge < -0.3 is 4.98 Å². The molecular weight excluding hydrogens is 200 g/mol. The number of para-hydroxylation sites is 1. The summed E-state index contributed by atoms with van der Waals surface area (Å²) in [5, 5.41) is 0. The molecule has 0 saturated carbocycles. The van der Waals surface area contributed by atoms with Crippen LogP contribution in [0.3, 0.4) is 0 Å². The molecular formula is C13H18N2O. The number of fused-ring (bicyclic) bond motifs is 1. The molecule has 0 aliphatic heterocycles. The van der Waals surface area contributed by atoms with Gasteiger partial charge in [-0.25, -0.2) is 4.79 Å². The molecule has 0 amide bonds. The fourth-order valence-corrected chi connectivity index (χ4v) is 2.16. The van der Waals surface area contributed by atoms with Crippen LogP contribution in [0, 0.1) is 0 Å². The number of benzene rings is 1. The van der Waals surface area contributed by atoms with Crippen LogP contribution in [-0.4, -0.2) is 9.55 Å². The van der Waals surface area contributed by atoms with Gasteiger partial charge in [0.05, 0.1) is 11.0 Å². The Morgan fingerprint density at radius 2 is 1.88 bits per heavy atom. The van der Waals surface area contributed by atoms with Crippen LogP contribution >= 0.6 is 0 Å². The van der Waals surface area contributed by atoms with Crippen molar-refractivity contribution in [1.29, 1.82) is 0 Å². The molecule has 0 bridgehead atoms. The van der Waals surface area contributed by atoms with Crippen LogP contribution in [0.5, 0.6) is 0 Å². The quantitative estimate of drug-likeness (QED) is 0.826. The minimum absolute atomic E-state index is 0.0156. The molecule has 1 N–H and O–H groups in total. The fraction of sp³-hybridized carbons (Fsp3) is 0.462. The van der Waals surface area contributed by atoms with Gasteiger partial charge >= 0.3 is 5.69 Å². The fourth-order valence-electron chi connectivity index (χ4n) is 2.16. The highest BCUT2D eigenvalue weighted by atomic mass is 16.1. The van der Waals surface area contributed by atoms with E-state index in [9.17, 15) is 4.79 Å². The molecule has 1 aromatic heterocycles. The third kappa shape index (κ3) is 1.56. The van der Waals surface area contributed by atoms with Crippen molar-refractivity contribution in [3.63, 3.8) is 0 Å². The summed E-state index contributed by atoms with van der Waals surface area (Å²) in [6, 6.07) is 6.28. The van der Waals surface area contributed by atoms with Gasteiger partial charge in [0.1, 0.15) is 0 Å². The number of hydrogen-bond donors (Lipinski definition) is 1. The largest absolute Gasteiger partial charge is 0.326 e. The van der Waals surface area contributed by atoms with E-state index in [0.717, 1.165) is 11.0 Å². The highest BCUT2D eigenvalue weighted by Crippen LogP contribution is 2.24. The Morgan fingerprint density at radius 3 is 2.44 bits per heavy atom. The van der Waals surface area contributed by atoms with Gasteiger partial charge in [0.15, 0.2) is 0 Å². The predicted octanol–water partition coefficient (Wildman–Crippen LogP) is 3.03. The van der Waals surface area contributed by atoms with Crippen LogP contribution in [0.1, 0.15) is 45.2 Å². The first-order valence-electron chi connectivity index (χ1n) is 5.75. The van der Waals surface area contributed by atoms with E-state index in [0.29, 0.717) is 5.92 Å². The third-order valence-electron chi connectivity index (χ3n) is 2.92. The first-order valence-corrected chi connectivity index (χ1v) is 5.75.